The zero-order valence-corrected chi connectivity index (χ0v) is 18.8. The second-order valence-electron chi connectivity index (χ2n) is 8.44. The first-order valence-electron chi connectivity index (χ1n) is 11.3. The summed E-state index contributed by atoms with van der Waals surface area (Å²) in [5, 5.41) is 2.98. The predicted molar refractivity (Wildman–Crippen MR) is 131 cm³/mol. The molecule has 5 nitrogen and oxygen atoms in total. The Hall–Kier alpha value is -3.31. The molecule has 5 heteroatoms. The molecule has 0 radical (unpaired) electrons. The van der Waals surface area contributed by atoms with Gasteiger partial charge in [-0.1, -0.05) is 36.4 Å². The highest BCUT2D eigenvalue weighted by Gasteiger charge is 2.17. The van der Waals surface area contributed by atoms with Crippen LogP contribution in [0.5, 0.6) is 5.75 Å². The molecule has 32 heavy (non-hydrogen) atoms. The van der Waals surface area contributed by atoms with E-state index in [1.165, 1.54) is 11.3 Å². The highest BCUT2D eigenvalue weighted by Crippen LogP contribution is 2.21. The summed E-state index contributed by atoms with van der Waals surface area (Å²) in [5.74, 6) is 0.566. The minimum atomic E-state index is -0.138. The first kappa shape index (κ1) is 21.9. The van der Waals surface area contributed by atoms with Gasteiger partial charge in [0.15, 0.2) is 0 Å². The van der Waals surface area contributed by atoms with Crippen molar-refractivity contribution < 1.29 is 9.53 Å². The fraction of sp³-hybridized carbons (Fsp3) is 0.296. The Morgan fingerprint density at radius 3 is 2.31 bits per heavy atom. The van der Waals surface area contributed by atoms with Gasteiger partial charge in [-0.3, -0.25) is 9.69 Å². The van der Waals surface area contributed by atoms with Crippen molar-refractivity contribution in [3.63, 3.8) is 0 Å². The minimum Gasteiger partial charge on any atom is -0.491 e. The van der Waals surface area contributed by atoms with E-state index < -0.39 is 0 Å². The molecular weight excluding hydrogens is 398 g/mol. The number of carbonyl (C=O) groups excluding carboxylic acids is 1. The zero-order valence-electron chi connectivity index (χ0n) is 18.8. The number of benzene rings is 3. The van der Waals surface area contributed by atoms with Gasteiger partial charge in [-0.15, -0.1) is 0 Å². The third-order valence-corrected chi connectivity index (χ3v) is 5.58. The number of hydrogen-bond donors (Lipinski definition) is 1. The van der Waals surface area contributed by atoms with Crippen molar-refractivity contribution in [2.45, 2.75) is 26.5 Å². The SMILES string of the molecule is CC(C)Oc1cccc(C(=O)Nc2ccc(N3CCN(Cc4ccccc4)CC3)cc2)c1. The van der Waals surface area contributed by atoms with Gasteiger partial charge in [0.2, 0.25) is 0 Å². The normalized spacial score (nSPS) is 14.4. The molecule has 0 bridgehead atoms. The number of anilines is 2. The van der Waals surface area contributed by atoms with Gasteiger partial charge in [0.05, 0.1) is 6.10 Å². The Balaban J connectivity index is 1.30. The largest absolute Gasteiger partial charge is 0.491 e. The summed E-state index contributed by atoms with van der Waals surface area (Å²) in [7, 11) is 0. The lowest BCUT2D eigenvalue weighted by atomic mass is 10.1. The maximum atomic E-state index is 12.6. The second-order valence-corrected chi connectivity index (χ2v) is 8.44. The molecule has 0 saturated carbocycles. The lowest BCUT2D eigenvalue weighted by molar-refractivity contribution is 0.102. The lowest BCUT2D eigenvalue weighted by Gasteiger charge is -2.36. The van der Waals surface area contributed by atoms with Crippen LogP contribution in [0.25, 0.3) is 0 Å². The number of nitrogens with one attached hydrogen (secondary N) is 1. The van der Waals surface area contributed by atoms with Crippen LogP contribution in [0.15, 0.2) is 78.9 Å². The molecule has 3 aromatic rings. The van der Waals surface area contributed by atoms with Crippen molar-refractivity contribution >= 4 is 17.3 Å². The third-order valence-electron chi connectivity index (χ3n) is 5.58. The quantitative estimate of drug-likeness (QED) is 0.571. The Morgan fingerprint density at radius 1 is 0.906 bits per heavy atom. The monoisotopic (exact) mass is 429 g/mol. The summed E-state index contributed by atoms with van der Waals surface area (Å²) in [6.07, 6.45) is 0.0704. The van der Waals surface area contributed by atoms with Gasteiger partial charge < -0.3 is 15.0 Å². The van der Waals surface area contributed by atoms with Gasteiger partial charge in [-0.2, -0.15) is 0 Å². The molecule has 1 aliphatic rings. The summed E-state index contributed by atoms with van der Waals surface area (Å²) >= 11 is 0. The van der Waals surface area contributed by atoms with Gasteiger partial charge in [-0.25, -0.2) is 0 Å². The van der Waals surface area contributed by atoms with Gasteiger partial charge in [0, 0.05) is 49.7 Å². The van der Waals surface area contributed by atoms with Crippen molar-refractivity contribution in [2.75, 3.05) is 36.4 Å². The third kappa shape index (κ3) is 5.89. The van der Waals surface area contributed by atoms with Crippen LogP contribution < -0.4 is 15.0 Å². The molecule has 166 valence electrons. The van der Waals surface area contributed by atoms with E-state index >= 15 is 0 Å². The molecule has 4 rings (SSSR count). The molecular formula is C27H31N3O2. The Kier molecular flexibility index (Phi) is 7.07. The second kappa shape index (κ2) is 10.3. The maximum Gasteiger partial charge on any atom is 0.255 e. The van der Waals surface area contributed by atoms with Crippen LogP contribution in [0.4, 0.5) is 11.4 Å². The number of hydrogen-bond acceptors (Lipinski definition) is 4. The summed E-state index contributed by atoms with van der Waals surface area (Å²) in [5.41, 5.74) is 3.93. The summed E-state index contributed by atoms with van der Waals surface area (Å²) in [4.78, 5) is 17.5. The number of amides is 1. The predicted octanol–water partition coefficient (Wildman–Crippen LogP) is 5.05. The van der Waals surface area contributed by atoms with Crippen molar-refractivity contribution in [3.05, 3.63) is 90.0 Å². The number of rotatable bonds is 7. The van der Waals surface area contributed by atoms with Gasteiger partial charge in [-0.05, 0) is 61.9 Å². The van der Waals surface area contributed by atoms with E-state index in [9.17, 15) is 4.79 Å². The van der Waals surface area contributed by atoms with Crippen molar-refractivity contribution in [2.24, 2.45) is 0 Å². The van der Waals surface area contributed by atoms with Crippen LogP contribution >= 0.6 is 0 Å². The molecule has 0 spiro atoms. The molecule has 0 aromatic heterocycles. The fourth-order valence-electron chi connectivity index (χ4n) is 3.95. The first-order valence-corrected chi connectivity index (χ1v) is 11.3. The number of nitrogens with zero attached hydrogens (tertiary/aromatic N) is 2. The van der Waals surface area contributed by atoms with E-state index in [-0.39, 0.29) is 12.0 Å². The van der Waals surface area contributed by atoms with Crippen LogP contribution in [0, 0.1) is 0 Å². The van der Waals surface area contributed by atoms with Crippen LogP contribution in [0.2, 0.25) is 0 Å². The maximum absolute atomic E-state index is 12.6. The van der Waals surface area contributed by atoms with Crippen molar-refractivity contribution in [1.29, 1.82) is 0 Å². The Morgan fingerprint density at radius 2 is 1.62 bits per heavy atom. The van der Waals surface area contributed by atoms with Gasteiger partial charge in [0.25, 0.3) is 5.91 Å². The average Bonchev–Trinajstić information content (AvgIpc) is 2.81. The number of ether oxygens (including phenoxy) is 1. The highest BCUT2D eigenvalue weighted by molar-refractivity contribution is 6.04. The number of piperazine rings is 1. The molecule has 1 saturated heterocycles. The molecule has 1 aliphatic heterocycles. The molecule has 0 aliphatic carbocycles. The van der Waals surface area contributed by atoms with E-state index in [2.05, 4.69) is 57.6 Å². The Bertz CT molecular complexity index is 1010. The standard InChI is InChI=1S/C27H31N3O2/c1-21(2)32-26-10-6-9-23(19-26)27(31)28-24-11-13-25(14-12-24)30-17-15-29(16-18-30)20-22-7-4-3-5-8-22/h3-14,19,21H,15-18,20H2,1-2H3,(H,28,31). The van der Waals surface area contributed by atoms with E-state index in [0.29, 0.717) is 11.3 Å². The molecule has 1 fully saturated rings. The van der Waals surface area contributed by atoms with E-state index in [0.717, 1.165) is 38.4 Å². The molecule has 1 amide bonds. The molecule has 0 atom stereocenters. The summed E-state index contributed by atoms with van der Waals surface area (Å²) in [6.45, 7) is 9.03. The van der Waals surface area contributed by atoms with E-state index in [1.807, 2.05) is 38.1 Å². The minimum absolute atomic E-state index is 0.0704. The van der Waals surface area contributed by atoms with Gasteiger partial charge >= 0.3 is 0 Å². The van der Waals surface area contributed by atoms with E-state index in [1.54, 1.807) is 12.1 Å². The molecule has 0 unspecified atom stereocenters. The average molecular weight is 430 g/mol. The molecule has 1 N–H and O–H groups in total. The van der Waals surface area contributed by atoms with E-state index in [4.69, 9.17) is 4.74 Å². The summed E-state index contributed by atoms with van der Waals surface area (Å²) in [6, 6.07) is 26.0. The van der Waals surface area contributed by atoms with Crippen LogP contribution in [-0.2, 0) is 6.54 Å². The van der Waals surface area contributed by atoms with Crippen LogP contribution in [0.3, 0.4) is 0 Å². The zero-order chi connectivity index (χ0) is 22.3. The first-order chi connectivity index (χ1) is 15.6. The molecule has 1 heterocycles. The highest BCUT2D eigenvalue weighted by atomic mass is 16.5. The Labute approximate surface area is 190 Å². The van der Waals surface area contributed by atoms with Crippen LogP contribution in [0.1, 0.15) is 29.8 Å². The lowest BCUT2D eigenvalue weighted by Crippen LogP contribution is -2.45. The van der Waals surface area contributed by atoms with Gasteiger partial charge in [0.1, 0.15) is 5.75 Å². The molecule has 3 aromatic carbocycles. The summed E-state index contributed by atoms with van der Waals surface area (Å²) < 4.78 is 5.69. The van der Waals surface area contributed by atoms with Crippen molar-refractivity contribution in [3.8, 4) is 5.75 Å². The fourth-order valence-corrected chi connectivity index (χ4v) is 3.95. The van der Waals surface area contributed by atoms with Crippen molar-refractivity contribution in [1.82, 2.24) is 4.90 Å². The number of carbonyl (C=O) groups is 1. The van der Waals surface area contributed by atoms with Crippen LogP contribution in [-0.4, -0.2) is 43.1 Å². The smallest absolute Gasteiger partial charge is 0.255 e. The topological polar surface area (TPSA) is 44.8 Å².